The highest BCUT2D eigenvalue weighted by molar-refractivity contribution is 7.90. The molecule has 8 nitrogen and oxygen atoms in total. The number of carboxylic acids is 1. The van der Waals surface area contributed by atoms with Gasteiger partial charge in [-0.15, -0.1) is 10.2 Å². The minimum absolute atomic E-state index is 0.197. The minimum Gasteiger partial charge on any atom is -0.481 e. The van der Waals surface area contributed by atoms with E-state index in [9.17, 15) is 18.3 Å². The second-order valence-electron chi connectivity index (χ2n) is 6.57. The van der Waals surface area contributed by atoms with Gasteiger partial charge >= 0.3 is 5.97 Å². The van der Waals surface area contributed by atoms with Crippen molar-refractivity contribution in [1.29, 1.82) is 0 Å². The second kappa shape index (κ2) is 7.73. The molecule has 2 N–H and O–H groups in total. The van der Waals surface area contributed by atoms with Gasteiger partial charge in [-0.3, -0.25) is 4.79 Å². The molecular weight excluding hydrogens is 344 g/mol. The lowest BCUT2D eigenvalue weighted by atomic mass is 9.81. The van der Waals surface area contributed by atoms with Crippen molar-refractivity contribution in [3.63, 3.8) is 0 Å². The Labute approximate surface area is 146 Å². The number of tetrazole rings is 1. The zero-order chi connectivity index (χ0) is 18.6. The van der Waals surface area contributed by atoms with Gasteiger partial charge in [0.1, 0.15) is 0 Å². The molecule has 2 atom stereocenters. The molecule has 136 valence electrons. The number of nitrogens with zero attached hydrogens (tertiary/aromatic N) is 3. The third-order valence-corrected chi connectivity index (χ3v) is 5.16. The number of aromatic amines is 1. The summed E-state index contributed by atoms with van der Waals surface area (Å²) in [6.07, 6.45) is 2.01. The van der Waals surface area contributed by atoms with Gasteiger partial charge in [0.05, 0.1) is 10.8 Å². The first kappa shape index (κ1) is 19.0. The Morgan fingerprint density at radius 3 is 2.32 bits per heavy atom. The van der Waals surface area contributed by atoms with Gasteiger partial charge < -0.3 is 5.11 Å². The smallest absolute Gasteiger partial charge is 0.307 e. The predicted molar refractivity (Wildman–Crippen MR) is 90.8 cm³/mol. The van der Waals surface area contributed by atoms with Crippen LogP contribution >= 0.6 is 0 Å². The van der Waals surface area contributed by atoms with Crippen LogP contribution in [0.5, 0.6) is 0 Å². The van der Waals surface area contributed by atoms with Crippen molar-refractivity contribution in [3.05, 3.63) is 35.7 Å². The fourth-order valence-corrected chi connectivity index (χ4v) is 3.44. The van der Waals surface area contributed by atoms with Gasteiger partial charge in [0.25, 0.3) is 0 Å². The van der Waals surface area contributed by atoms with Crippen molar-refractivity contribution >= 4 is 15.8 Å². The zero-order valence-corrected chi connectivity index (χ0v) is 15.2. The Kier molecular flexibility index (Phi) is 5.89. The van der Waals surface area contributed by atoms with E-state index in [0.717, 1.165) is 11.8 Å². The maximum atomic E-state index is 11.8. The van der Waals surface area contributed by atoms with Crippen molar-refractivity contribution in [3.8, 4) is 0 Å². The van der Waals surface area contributed by atoms with Crippen LogP contribution in [0.25, 0.3) is 0 Å². The van der Waals surface area contributed by atoms with Crippen molar-refractivity contribution in [1.82, 2.24) is 20.6 Å². The molecule has 1 heterocycles. The number of hydrogen-bond acceptors (Lipinski definition) is 6. The third-order valence-electron chi connectivity index (χ3n) is 4.03. The van der Waals surface area contributed by atoms with E-state index in [-0.39, 0.29) is 10.8 Å². The van der Waals surface area contributed by atoms with Crippen molar-refractivity contribution in [2.24, 2.45) is 11.8 Å². The van der Waals surface area contributed by atoms with E-state index < -0.39 is 27.6 Å². The summed E-state index contributed by atoms with van der Waals surface area (Å²) in [4.78, 5) is 12.0. The fourth-order valence-electron chi connectivity index (χ4n) is 2.81. The summed E-state index contributed by atoms with van der Waals surface area (Å²) in [5.41, 5.74) is 0.817. The van der Waals surface area contributed by atoms with Crippen LogP contribution in [0.4, 0.5) is 0 Å². The minimum atomic E-state index is -3.27. The molecule has 1 aromatic carbocycles. The van der Waals surface area contributed by atoms with Crippen molar-refractivity contribution in [2.45, 2.75) is 37.5 Å². The molecule has 0 radical (unpaired) electrons. The van der Waals surface area contributed by atoms with Crippen LogP contribution in [-0.2, 0) is 21.1 Å². The molecule has 0 saturated heterocycles. The van der Waals surface area contributed by atoms with Crippen LogP contribution in [0.15, 0.2) is 29.2 Å². The molecule has 0 aliphatic heterocycles. The van der Waals surface area contributed by atoms with Crippen LogP contribution in [0.3, 0.4) is 0 Å². The van der Waals surface area contributed by atoms with Crippen LogP contribution in [0.1, 0.15) is 37.6 Å². The van der Waals surface area contributed by atoms with Gasteiger partial charge in [0, 0.05) is 12.2 Å². The topological polar surface area (TPSA) is 126 Å². The summed E-state index contributed by atoms with van der Waals surface area (Å²) in [7, 11) is -3.27. The first-order valence-electron chi connectivity index (χ1n) is 7.93. The largest absolute Gasteiger partial charge is 0.481 e. The van der Waals surface area contributed by atoms with Gasteiger partial charge in [-0.05, 0) is 36.5 Å². The van der Waals surface area contributed by atoms with Gasteiger partial charge in [0.15, 0.2) is 15.7 Å². The Morgan fingerprint density at radius 2 is 1.88 bits per heavy atom. The summed E-state index contributed by atoms with van der Waals surface area (Å²) in [5.74, 6) is -1.48. The SMILES string of the molecule is CC(C)C[C@@H](C(=O)O)[C@H](Cc1ccc(S(C)(=O)=O)cc1)c1nn[nH]n1. The lowest BCUT2D eigenvalue weighted by Crippen LogP contribution is -2.26. The first-order valence-corrected chi connectivity index (χ1v) is 9.82. The number of carbonyl (C=O) groups is 1. The van der Waals surface area contributed by atoms with E-state index in [1.807, 2.05) is 13.8 Å². The molecule has 0 spiro atoms. The Balaban J connectivity index is 2.32. The Bertz CT molecular complexity index is 801. The van der Waals surface area contributed by atoms with E-state index >= 15 is 0 Å². The van der Waals surface area contributed by atoms with Crippen LogP contribution in [-0.4, -0.2) is 46.4 Å². The molecule has 2 aromatic rings. The maximum absolute atomic E-state index is 11.8. The number of nitrogens with one attached hydrogen (secondary N) is 1. The number of hydrogen-bond donors (Lipinski definition) is 2. The summed E-state index contributed by atoms with van der Waals surface area (Å²) < 4.78 is 23.1. The molecule has 0 amide bonds. The maximum Gasteiger partial charge on any atom is 0.307 e. The highest BCUT2D eigenvalue weighted by Gasteiger charge is 2.33. The lowest BCUT2D eigenvalue weighted by molar-refractivity contribution is -0.143. The van der Waals surface area contributed by atoms with E-state index in [1.54, 1.807) is 12.1 Å². The van der Waals surface area contributed by atoms with Crippen molar-refractivity contribution in [2.75, 3.05) is 6.26 Å². The summed E-state index contributed by atoms with van der Waals surface area (Å²) in [6.45, 7) is 3.92. The van der Waals surface area contributed by atoms with E-state index in [0.29, 0.717) is 18.7 Å². The predicted octanol–water partition coefficient (Wildman–Crippen LogP) is 1.68. The van der Waals surface area contributed by atoms with Crippen LogP contribution in [0.2, 0.25) is 0 Å². The van der Waals surface area contributed by atoms with Crippen LogP contribution in [0, 0.1) is 11.8 Å². The third kappa shape index (κ3) is 5.09. The Morgan fingerprint density at radius 1 is 1.24 bits per heavy atom. The number of sulfone groups is 1. The number of rotatable bonds is 8. The molecule has 0 unspecified atom stereocenters. The number of aromatic nitrogens is 4. The van der Waals surface area contributed by atoms with Crippen LogP contribution < -0.4 is 0 Å². The second-order valence-corrected chi connectivity index (χ2v) is 8.59. The fraction of sp³-hybridized carbons (Fsp3) is 0.500. The number of carboxylic acid groups (broad SMARTS) is 1. The van der Waals surface area contributed by atoms with E-state index in [4.69, 9.17) is 0 Å². The highest BCUT2D eigenvalue weighted by Crippen LogP contribution is 2.31. The molecule has 25 heavy (non-hydrogen) atoms. The average molecular weight is 366 g/mol. The first-order chi connectivity index (χ1) is 11.7. The quantitative estimate of drug-likeness (QED) is 0.728. The molecule has 0 bridgehead atoms. The lowest BCUT2D eigenvalue weighted by Gasteiger charge is -2.23. The monoisotopic (exact) mass is 366 g/mol. The van der Waals surface area contributed by atoms with Gasteiger partial charge in [-0.2, -0.15) is 5.21 Å². The molecule has 0 saturated carbocycles. The summed E-state index contributed by atoms with van der Waals surface area (Å²) in [5, 5.41) is 23.5. The molecule has 2 rings (SSSR count). The summed E-state index contributed by atoms with van der Waals surface area (Å²) >= 11 is 0. The van der Waals surface area contributed by atoms with E-state index in [1.165, 1.54) is 12.1 Å². The zero-order valence-electron chi connectivity index (χ0n) is 14.4. The molecule has 0 fully saturated rings. The molecule has 1 aromatic heterocycles. The van der Waals surface area contributed by atoms with Gasteiger partial charge in [-0.1, -0.05) is 31.2 Å². The highest BCUT2D eigenvalue weighted by atomic mass is 32.2. The average Bonchev–Trinajstić information content (AvgIpc) is 3.04. The van der Waals surface area contributed by atoms with E-state index in [2.05, 4.69) is 20.6 Å². The Hall–Kier alpha value is -2.29. The number of benzene rings is 1. The molecular formula is C16H22N4O4S. The van der Waals surface area contributed by atoms with Gasteiger partial charge in [0.2, 0.25) is 0 Å². The number of H-pyrrole nitrogens is 1. The summed E-state index contributed by atoms with van der Waals surface area (Å²) in [6, 6.07) is 6.43. The van der Waals surface area contributed by atoms with Crippen molar-refractivity contribution < 1.29 is 18.3 Å². The standard InChI is InChI=1S/C16H22N4O4S/c1-10(2)8-14(16(21)22)13(15-17-19-20-18-15)9-11-4-6-12(7-5-11)25(3,23)24/h4-7,10,13-14H,8-9H2,1-3H3,(H,21,22)(H,17,18,19,20)/t13-,14+/m0/s1. The molecule has 0 aliphatic rings. The molecule has 9 heteroatoms. The number of aliphatic carboxylic acids is 1. The normalized spacial score (nSPS) is 14.4. The molecule has 0 aliphatic carbocycles. The van der Waals surface area contributed by atoms with Gasteiger partial charge in [-0.25, -0.2) is 8.42 Å².